The number of amides is 1. The van der Waals surface area contributed by atoms with Crippen molar-refractivity contribution in [3.8, 4) is 0 Å². The van der Waals surface area contributed by atoms with Crippen LogP contribution in [0, 0.1) is 0 Å². The van der Waals surface area contributed by atoms with Gasteiger partial charge in [0.15, 0.2) is 5.82 Å². The zero-order valence-corrected chi connectivity index (χ0v) is 12.4. The maximum Gasteiger partial charge on any atom is 0.231 e. The lowest BCUT2D eigenvalue weighted by Crippen LogP contribution is -2.37. The van der Waals surface area contributed by atoms with E-state index in [0.29, 0.717) is 30.8 Å². The van der Waals surface area contributed by atoms with E-state index >= 15 is 0 Å². The van der Waals surface area contributed by atoms with Crippen LogP contribution in [0.4, 0.5) is 0 Å². The Kier molecular flexibility index (Phi) is 4.72. The largest absolute Gasteiger partial charge is 0.369 e. The molecule has 1 fully saturated rings. The summed E-state index contributed by atoms with van der Waals surface area (Å²) in [5.74, 6) is 1.37. The van der Waals surface area contributed by atoms with Gasteiger partial charge in [-0.3, -0.25) is 14.6 Å². The number of carbonyl (C=O) groups is 1. The van der Waals surface area contributed by atoms with Crippen molar-refractivity contribution in [2.24, 2.45) is 5.73 Å². The third kappa shape index (κ3) is 3.77. The molecule has 2 heterocycles. The molecule has 2 rings (SSSR count). The minimum atomic E-state index is -0.270. The predicted octanol–water partition coefficient (Wildman–Crippen LogP) is 0.184. The molecule has 1 atom stereocenters. The number of rotatable bonds is 6. The van der Waals surface area contributed by atoms with Crippen molar-refractivity contribution >= 4 is 5.91 Å². The summed E-state index contributed by atoms with van der Waals surface area (Å²) in [5.41, 5.74) is 5.22. The highest BCUT2D eigenvalue weighted by atomic mass is 16.5. The molecule has 0 aromatic carbocycles. The van der Waals surface area contributed by atoms with Crippen LogP contribution in [0.15, 0.2) is 4.52 Å². The zero-order chi connectivity index (χ0) is 14.7. The van der Waals surface area contributed by atoms with Gasteiger partial charge in [-0.1, -0.05) is 19.0 Å². The first-order valence-electron chi connectivity index (χ1n) is 6.99. The van der Waals surface area contributed by atoms with E-state index in [1.54, 1.807) is 0 Å². The molecule has 0 aliphatic carbocycles. The van der Waals surface area contributed by atoms with Gasteiger partial charge in [0.1, 0.15) is 0 Å². The minimum Gasteiger partial charge on any atom is -0.369 e. The number of hydrogen-bond donors (Lipinski definition) is 1. The normalized spacial score (nSPS) is 20.1. The van der Waals surface area contributed by atoms with Crippen LogP contribution < -0.4 is 5.73 Å². The lowest BCUT2D eigenvalue weighted by molar-refractivity contribution is -0.118. The van der Waals surface area contributed by atoms with Crippen LogP contribution >= 0.6 is 0 Å². The maximum atomic E-state index is 10.9. The summed E-state index contributed by atoms with van der Waals surface area (Å²) in [6.07, 6.45) is 1.03. The van der Waals surface area contributed by atoms with Crippen LogP contribution in [0.3, 0.4) is 0 Å². The van der Waals surface area contributed by atoms with Gasteiger partial charge in [-0.25, -0.2) is 0 Å². The Labute approximate surface area is 119 Å². The fraction of sp³-hybridized carbons (Fsp3) is 0.769. The molecule has 1 aromatic rings. The van der Waals surface area contributed by atoms with Gasteiger partial charge in [-0.05, 0) is 13.5 Å². The number of aromatic nitrogens is 2. The van der Waals surface area contributed by atoms with E-state index < -0.39 is 0 Å². The molecule has 1 saturated heterocycles. The van der Waals surface area contributed by atoms with Crippen LogP contribution in [0.5, 0.6) is 0 Å². The molecule has 2 N–H and O–H groups in total. The van der Waals surface area contributed by atoms with Crippen molar-refractivity contribution in [3.05, 3.63) is 11.7 Å². The highest BCUT2D eigenvalue weighted by Crippen LogP contribution is 2.17. The lowest BCUT2D eigenvalue weighted by Gasteiger charge is -2.22. The van der Waals surface area contributed by atoms with Crippen LogP contribution in [0.1, 0.15) is 37.9 Å². The van der Waals surface area contributed by atoms with Gasteiger partial charge in [0.25, 0.3) is 0 Å². The molecule has 7 nitrogen and oxygen atoms in total. The molecule has 7 heteroatoms. The third-order valence-corrected chi connectivity index (χ3v) is 3.62. The second kappa shape index (κ2) is 6.32. The predicted molar refractivity (Wildman–Crippen MR) is 73.9 cm³/mol. The van der Waals surface area contributed by atoms with Gasteiger partial charge in [-0.15, -0.1) is 0 Å². The first-order valence-corrected chi connectivity index (χ1v) is 6.99. The maximum absolute atomic E-state index is 10.9. The second-order valence-electron chi connectivity index (χ2n) is 5.76. The quantitative estimate of drug-likeness (QED) is 0.800. The van der Waals surface area contributed by atoms with Crippen LogP contribution in [0.25, 0.3) is 0 Å². The highest BCUT2D eigenvalue weighted by Gasteiger charge is 2.27. The summed E-state index contributed by atoms with van der Waals surface area (Å²) < 4.78 is 5.20. The Morgan fingerprint density at radius 2 is 2.35 bits per heavy atom. The first kappa shape index (κ1) is 14.9. The molecule has 20 heavy (non-hydrogen) atoms. The van der Waals surface area contributed by atoms with Gasteiger partial charge in [0, 0.05) is 25.0 Å². The fourth-order valence-corrected chi connectivity index (χ4v) is 2.45. The van der Waals surface area contributed by atoms with Gasteiger partial charge in [0.2, 0.25) is 11.8 Å². The van der Waals surface area contributed by atoms with E-state index in [4.69, 9.17) is 10.3 Å². The number of nitrogens with zero attached hydrogens (tertiary/aromatic N) is 4. The summed E-state index contributed by atoms with van der Waals surface area (Å²) in [7, 11) is 2.05. The molecule has 0 spiro atoms. The average molecular weight is 281 g/mol. The van der Waals surface area contributed by atoms with Crippen molar-refractivity contribution < 1.29 is 9.32 Å². The van der Waals surface area contributed by atoms with Crippen molar-refractivity contribution in [2.75, 3.05) is 26.7 Å². The molecule has 0 saturated carbocycles. The molecule has 1 amide bonds. The van der Waals surface area contributed by atoms with Crippen molar-refractivity contribution in [1.29, 1.82) is 0 Å². The number of primary amides is 1. The smallest absolute Gasteiger partial charge is 0.231 e. The van der Waals surface area contributed by atoms with Gasteiger partial charge < -0.3 is 10.3 Å². The van der Waals surface area contributed by atoms with E-state index in [1.165, 1.54) is 0 Å². The second-order valence-corrected chi connectivity index (χ2v) is 5.76. The van der Waals surface area contributed by atoms with E-state index in [1.807, 2.05) is 20.9 Å². The summed E-state index contributed by atoms with van der Waals surface area (Å²) in [5, 5.41) is 4.00. The van der Waals surface area contributed by atoms with Crippen LogP contribution in [0.2, 0.25) is 0 Å². The van der Waals surface area contributed by atoms with E-state index in [-0.39, 0.29) is 11.8 Å². The number of nitrogens with two attached hydrogens (primary N) is 1. The zero-order valence-electron chi connectivity index (χ0n) is 12.4. The summed E-state index contributed by atoms with van der Waals surface area (Å²) in [6, 6.07) is 0.398. The Morgan fingerprint density at radius 1 is 1.60 bits per heavy atom. The Balaban J connectivity index is 1.85. The standard InChI is InChI=1S/C13H23N5O2/c1-9(2)13-15-12(16-20-13)8-17(3)10-4-5-18(6-10)7-11(14)19/h9-10H,4-8H2,1-3H3,(H2,14,19)/t10-/m0/s1. The SMILES string of the molecule is CC(C)c1nc(CN(C)[C@H]2CCN(CC(N)=O)C2)no1. The molecule has 0 radical (unpaired) electrons. The minimum absolute atomic E-state index is 0.249. The van der Waals surface area contributed by atoms with Crippen LogP contribution in [-0.4, -0.2) is 58.6 Å². The lowest BCUT2D eigenvalue weighted by atomic mass is 10.2. The number of hydrogen-bond acceptors (Lipinski definition) is 6. The molecule has 1 aromatic heterocycles. The summed E-state index contributed by atoms with van der Waals surface area (Å²) >= 11 is 0. The topological polar surface area (TPSA) is 88.5 Å². The molecule has 1 aliphatic rings. The molecular formula is C13H23N5O2. The number of likely N-dealkylation sites (N-methyl/N-ethyl adjacent to an activating group) is 1. The summed E-state index contributed by atoms with van der Waals surface area (Å²) in [4.78, 5) is 19.6. The number of likely N-dealkylation sites (tertiary alicyclic amines) is 1. The van der Waals surface area contributed by atoms with Gasteiger partial charge in [-0.2, -0.15) is 4.98 Å². The average Bonchev–Trinajstić information content (AvgIpc) is 2.97. The van der Waals surface area contributed by atoms with E-state index in [0.717, 1.165) is 19.5 Å². The van der Waals surface area contributed by atoms with E-state index in [9.17, 15) is 4.79 Å². The van der Waals surface area contributed by atoms with Gasteiger partial charge in [0.05, 0.1) is 13.1 Å². The van der Waals surface area contributed by atoms with Crippen molar-refractivity contribution in [2.45, 2.75) is 38.8 Å². The van der Waals surface area contributed by atoms with Crippen molar-refractivity contribution in [1.82, 2.24) is 19.9 Å². The molecular weight excluding hydrogens is 258 g/mol. The Bertz CT molecular complexity index is 459. The highest BCUT2D eigenvalue weighted by molar-refractivity contribution is 5.75. The van der Waals surface area contributed by atoms with Crippen LogP contribution in [-0.2, 0) is 11.3 Å². The molecule has 112 valence electrons. The Hall–Kier alpha value is -1.47. The summed E-state index contributed by atoms with van der Waals surface area (Å²) in [6.45, 7) is 6.81. The van der Waals surface area contributed by atoms with E-state index in [2.05, 4.69) is 19.9 Å². The van der Waals surface area contributed by atoms with Crippen molar-refractivity contribution in [3.63, 3.8) is 0 Å². The molecule has 0 bridgehead atoms. The fourth-order valence-electron chi connectivity index (χ4n) is 2.45. The number of carbonyl (C=O) groups excluding carboxylic acids is 1. The third-order valence-electron chi connectivity index (χ3n) is 3.62. The molecule has 0 unspecified atom stereocenters. The first-order chi connectivity index (χ1) is 9.45. The Morgan fingerprint density at radius 3 is 2.95 bits per heavy atom. The monoisotopic (exact) mass is 281 g/mol. The van der Waals surface area contributed by atoms with Gasteiger partial charge >= 0.3 is 0 Å². The molecule has 1 aliphatic heterocycles.